The molecule has 12 heteroatoms. The van der Waals surface area contributed by atoms with Crippen LogP contribution in [0.2, 0.25) is 5.02 Å². The predicted molar refractivity (Wildman–Crippen MR) is 212 cm³/mol. The van der Waals surface area contributed by atoms with E-state index in [0.29, 0.717) is 22.4 Å². The molecular formula is C42H45ClFN7O3. The van der Waals surface area contributed by atoms with Gasteiger partial charge in [-0.3, -0.25) is 14.8 Å². The number of aromatic nitrogens is 5. The summed E-state index contributed by atoms with van der Waals surface area (Å²) in [5.74, 6) is 1.77. The van der Waals surface area contributed by atoms with Crippen molar-refractivity contribution in [3.8, 4) is 5.88 Å². The second kappa shape index (κ2) is 16.9. The Kier molecular flexibility index (Phi) is 11.7. The molecule has 0 unspecified atom stereocenters. The van der Waals surface area contributed by atoms with Crippen molar-refractivity contribution in [1.29, 1.82) is 0 Å². The highest BCUT2D eigenvalue weighted by Gasteiger charge is 2.27. The molecule has 0 amide bonds. The van der Waals surface area contributed by atoms with E-state index in [1.165, 1.54) is 36.6 Å². The average Bonchev–Trinajstić information content (AvgIpc) is 3.83. The highest BCUT2D eigenvalue weighted by Crippen LogP contribution is 2.42. The Morgan fingerprint density at radius 2 is 1.91 bits per heavy atom. The van der Waals surface area contributed by atoms with Crippen LogP contribution in [0.5, 0.6) is 5.88 Å². The molecule has 2 aliphatic heterocycles. The zero-order chi connectivity index (χ0) is 37.6. The standard InChI is InChI=1S/C27H27ClFN5O.C12H12N2O.C3H6O/c1-30-21-8-9-25-24(15-21)31-26(33(25)2)16-34-12-10-18(11-13-34)23-4-3-5-27(32-23)35-17-19-6-7-20(28)14-22(19)29;1-7-4-8(6-15)5-10-11(7)13-14-12(10)9-2-3-9;1-2-4-3-1/h3-10,14-15,30H,11-13,16-17H2,1-2H3;4-6,9H,2-3H2,1H3,(H,13,14);1-3H2. The van der Waals surface area contributed by atoms with Gasteiger partial charge < -0.3 is 19.4 Å². The highest BCUT2D eigenvalue weighted by atomic mass is 35.5. The lowest BCUT2D eigenvalue weighted by Crippen LogP contribution is -2.29. The second-order valence-corrected chi connectivity index (χ2v) is 14.3. The summed E-state index contributed by atoms with van der Waals surface area (Å²) in [6.07, 6.45) is 7.76. The van der Waals surface area contributed by atoms with Crippen molar-refractivity contribution >= 4 is 51.1 Å². The number of imidazole rings is 1. The van der Waals surface area contributed by atoms with Crippen molar-refractivity contribution in [1.82, 2.24) is 29.6 Å². The van der Waals surface area contributed by atoms with Crippen molar-refractivity contribution < 1.29 is 18.7 Å². The van der Waals surface area contributed by atoms with Crippen LogP contribution < -0.4 is 10.1 Å². The number of carbonyl (C=O) groups excluding carboxylic acids is 1. The maximum atomic E-state index is 14.0. The monoisotopic (exact) mass is 749 g/mol. The van der Waals surface area contributed by atoms with Gasteiger partial charge in [-0.15, -0.1) is 0 Å². The summed E-state index contributed by atoms with van der Waals surface area (Å²) in [4.78, 5) is 22.7. The predicted octanol–water partition coefficient (Wildman–Crippen LogP) is 8.64. The van der Waals surface area contributed by atoms with Crippen molar-refractivity contribution in [2.75, 3.05) is 38.7 Å². The van der Waals surface area contributed by atoms with Gasteiger partial charge in [0.1, 0.15) is 24.5 Å². The largest absolute Gasteiger partial charge is 0.473 e. The Bertz CT molecular complexity index is 2290. The molecule has 1 aliphatic carbocycles. The van der Waals surface area contributed by atoms with E-state index in [9.17, 15) is 9.18 Å². The van der Waals surface area contributed by atoms with E-state index in [1.807, 2.05) is 38.2 Å². The number of halogens is 2. The number of ether oxygens (including phenoxy) is 2. The fourth-order valence-electron chi connectivity index (χ4n) is 6.53. The lowest BCUT2D eigenvalue weighted by atomic mass is 10.0. The summed E-state index contributed by atoms with van der Waals surface area (Å²) in [6.45, 7) is 6.61. The fourth-order valence-corrected chi connectivity index (χ4v) is 6.69. The number of nitrogens with one attached hydrogen (secondary N) is 2. The Hall–Kier alpha value is -5.10. The summed E-state index contributed by atoms with van der Waals surface area (Å²) in [5, 5.41) is 12.1. The van der Waals surface area contributed by atoms with E-state index < -0.39 is 0 Å². The summed E-state index contributed by atoms with van der Waals surface area (Å²) >= 11 is 5.82. The number of rotatable bonds is 9. The molecule has 5 heterocycles. The Balaban J connectivity index is 0.000000193. The minimum absolute atomic E-state index is 0.0973. The molecule has 1 saturated carbocycles. The van der Waals surface area contributed by atoms with E-state index >= 15 is 0 Å². The van der Waals surface area contributed by atoms with Crippen LogP contribution >= 0.6 is 11.6 Å². The zero-order valence-corrected chi connectivity index (χ0v) is 31.6. The smallest absolute Gasteiger partial charge is 0.214 e. The van der Waals surface area contributed by atoms with Crippen LogP contribution in [0.3, 0.4) is 0 Å². The number of benzene rings is 3. The maximum absolute atomic E-state index is 14.0. The van der Waals surface area contributed by atoms with Gasteiger partial charge in [0.15, 0.2) is 0 Å². The molecule has 0 spiro atoms. The van der Waals surface area contributed by atoms with Gasteiger partial charge in [0, 0.05) is 85.3 Å². The van der Waals surface area contributed by atoms with E-state index in [2.05, 4.69) is 61.3 Å². The number of anilines is 1. The van der Waals surface area contributed by atoms with Gasteiger partial charge in [-0.2, -0.15) is 5.10 Å². The molecule has 0 bridgehead atoms. The number of carbonyl (C=O) groups is 1. The molecule has 2 N–H and O–H groups in total. The lowest BCUT2D eigenvalue weighted by molar-refractivity contribution is 0.0367. The van der Waals surface area contributed by atoms with Gasteiger partial charge in [-0.05, 0) is 92.3 Å². The van der Waals surface area contributed by atoms with Gasteiger partial charge in [-0.1, -0.05) is 29.8 Å². The van der Waals surface area contributed by atoms with Gasteiger partial charge in [-0.25, -0.2) is 14.4 Å². The number of nitrogens with zero attached hydrogens (tertiary/aromatic N) is 5. The Labute approximate surface area is 319 Å². The molecule has 0 radical (unpaired) electrons. The van der Waals surface area contributed by atoms with Crippen LogP contribution in [-0.2, 0) is 24.9 Å². The van der Waals surface area contributed by atoms with Crippen molar-refractivity contribution in [3.05, 3.63) is 118 Å². The Morgan fingerprint density at radius 3 is 2.59 bits per heavy atom. The first kappa shape index (κ1) is 37.2. The van der Waals surface area contributed by atoms with Crippen LogP contribution in [0.4, 0.5) is 10.1 Å². The van der Waals surface area contributed by atoms with Gasteiger partial charge in [0.05, 0.1) is 28.8 Å². The maximum Gasteiger partial charge on any atom is 0.214 e. The third-order valence-electron chi connectivity index (χ3n) is 9.96. The number of aryl methyl sites for hydroxylation is 2. The normalized spacial score (nSPS) is 15.4. The first-order valence-electron chi connectivity index (χ1n) is 18.4. The first-order chi connectivity index (χ1) is 26.3. The van der Waals surface area contributed by atoms with Gasteiger partial charge in [0.2, 0.25) is 5.88 Å². The molecule has 3 aromatic carbocycles. The number of pyridine rings is 1. The van der Waals surface area contributed by atoms with Gasteiger partial charge in [0.25, 0.3) is 0 Å². The van der Waals surface area contributed by atoms with E-state index in [1.54, 1.807) is 18.2 Å². The van der Waals surface area contributed by atoms with Crippen molar-refractivity contribution in [2.24, 2.45) is 7.05 Å². The molecule has 10 nitrogen and oxygen atoms in total. The second-order valence-electron chi connectivity index (χ2n) is 13.9. The number of aldehydes is 1. The zero-order valence-electron chi connectivity index (χ0n) is 30.9. The van der Waals surface area contributed by atoms with E-state index in [0.717, 1.165) is 95.8 Å². The summed E-state index contributed by atoms with van der Waals surface area (Å²) in [6, 6.07) is 20.3. The molecule has 54 heavy (non-hydrogen) atoms. The average molecular weight is 750 g/mol. The molecule has 1 saturated heterocycles. The summed E-state index contributed by atoms with van der Waals surface area (Å²) in [5.41, 5.74) is 9.73. The van der Waals surface area contributed by atoms with Crippen LogP contribution in [0.15, 0.2) is 72.8 Å². The molecule has 0 atom stereocenters. The highest BCUT2D eigenvalue weighted by molar-refractivity contribution is 6.30. The third-order valence-corrected chi connectivity index (χ3v) is 10.2. The minimum Gasteiger partial charge on any atom is -0.473 e. The first-order valence-corrected chi connectivity index (χ1v) is 18.8. The van der Waals surface area contributed by atoms with Crippen molar-refractivity contribution in [3.63, 3.8) is 0 Å². The topological polar surface area (TPSA) is 110 Å². The van der Waals surface area contributed by atoms with Crippen LogP contribution in [-0.4, -0.2) is 69.3 Å². The summed E-state index contributed by atoms with van der Waals surface area (Å²) in [7, 11) is 3.99. The molecule has 2 fully saturated rings. The SMILES string of the molecule is C1COC1.CNc1ccc2c(c1)nc(CN1CC=C(c3cccc(OCc4ccc(Cl)cc4F)n3)CC1)n2C.Cc1cc(C=O)cc2c(C3CC3)[nH]nc12. The molecule has 280 valence electrons. The number of aromatic amines is 1. The summed E-state index contributed by atoms with van der Waals surface area (Å²) < 4.78 is 26.7. The molecular weight excluding hydrogens is 705 g/mol. The number of H-pyrrole nitrogens is 1. The molecule has 3 aliphatic rings. The molecule has 6 aromatic rings. The Morgan fingerprint density at radius 1 is 1.09 bits per heavy atom. The molecule has 9 rings (SSSR count). The van der Waals surface area contributed by atoms with Gasteiger partial charge >= 0.3 is 0 Å². The third kappa shape index (κ3) is 8.81. The van der Waals surface area contributed by atoms with Crippen LogP contribution in [0.1, 0.15) is 70.3 Å². The molecule has 3 aromatic heterocycles. The van der Waals surface area contributed by atoms with Crippen LogP contribution in [0.25, 0.3) is 27.5 Å². The number of fused-ring (bicyclic) bond motifs is 2. The number of hydrogen-bond donors (Lipinski definition) is 2. The quantitative estimate of drug-likeness (QED) is 0.142. The van der Waals surface area contributed by atoms with E-state index in [-0.39, 0.29) is 12.4 Å². The minimum atomic E-state index is -0.383. The van der Waals surface area contributed by atoms with Crippen molar-refractivity contribution in [2.45, 2.75) is 51.7 Å². The van der Waals surface area contributed by atoms with E-state index in [4.69, 9.17) is 26.1 Å². The fraction of sp³-hybridized carbons (Fsp3) is 0.333. The lowest BCUT2D eigenvalue weighted by Gasteiger charge is -2.25. The van der Waals surface area contributed by atoms with Crippen LogP contribution in [0, 0.1) is 12.7 Å². The number of hydrogen-bond acceptors (Lipinski definition) is 8.